The van der Waals surface area contributed by atoms with Crippen LogP contribution in [-0.4, -0.2) is 38.8 Å². The Labute approximate surface area is 62.2 Å². The number of nitrogens with zero attached hydrogens (tertiary/aromatic N) is 2. The number of rotatable bonds is 4. The van der Waals surface area contributed by atoms with Gasteiger partial charge in [0.1, 0.15) is 0 Å². The maximum absolute atomic E-state index is 8.38. The van der Waals surface area contributed by atoms with Gasteiger partial charge in [0.2, 0.25) is 0 Å². The Morgan fingerprint density at radius 2 is 2.20 bits per heavy atom. The van der Waals surface area contributed by atoms with Gasteiger partial charge < -0.3 is 9.64 Å². The first kappa shape index (κ1) is 9.41. The summed E-state index contributed by atoms with van der Waals surface area (Å²) >= 11 is 0. The Bertz CT molecular complexity index is 117. The highest BCUT2D eigenvalue weighted by Gasteiger charge is 2.08. The molecule has 3 nitrogen and oxygen atoms in total. The van der Waals surface area contributed by atoms with Gasteiger partial charge in [0.05, 0.1) is 19.1 Å². The maximum Gasteiger partial charge on any atom is 0.0639 e. The molecule has 3 heteroatoms. The summed E-state index contributed by atoms with van der Waals surface area (Å²) < 4.78 is 4.93. The smallest absolute Gasteiger partial charge is 0.0639 e. The molecule has 0 saturated carbocycles. The summed E-state index contributed by atoms with van der Waals surface area (Å²) in [5, 5.41) is 8.38. The Morgan fingerprint density at radius 1 is 1.60 bits per heavy atom. The van der Waals surface area contributed by atoms with Gasteiger partial charge in [0, 0.05) is 13.2 Å². The minimum absolute atomic E-state index is 0.231. The lowest BCUT2D eigenvalue weighted by Gasteiger charge is -2.20. The fourth-order valence-electron chi connectivity index (χ4n) is 0.688. The van der Waals surface area contributed by atoms with E-state index < -0.39 is 0 Å². The van der Waals surface area contributed by atoms with E-state index in [1.54, 1.807) is 7.11 Å². The molecule has 0 radical (unpaired) electrons. The van der Waals surface area contributed by atoms with Gasteiger partial charge in [-0.1, -0.05) is 0 Å². The van der Waals surface area contributed by atoms with Gasteiger partial charge in [-0.05, 0) is 14.1 Å². The van der Waals surface area contributed by atoms with Crippen molar-refractivity contribution in [2.24, 2.45) is 0 Å². The Morgan fingerprint density at radius 3 is 2.50 bits per heavy atom. The summed E-state index contributed by atoms with van der Waals surface area (Å²) in [6.07, 6.45) is 0.529. The Balaban J connectivity index is 3.63. The van der Waals surface area contributed by atoms with E-state index in [2.05, 4.69) is 6.07 Å². The molecule has 0 amide bonds. The van der Waals surface area contributed by atoms with E-state index in [-0.39, 0.29) is 6.04 Å². The predicted molar refractivity (Wildman–Crippen MR) is 39.6 cm³/mol. The zero-order chi connectivity index (χ0) is 7.98. The second-order valence-corrected chi connectivity index (χ2v) is 2.44. The molecule has 0 rings (SSSR count). The second kappa shape index (κ2) is 5.21. The first-order valence-corrected chi connectivity index (χ1v) is 3.24. The van der Waals surface area contributed by atoms with E-state index in [1.807, 2.05) is 19.0 Å². The average Bonchev–Trinajstić information content (AvgIpc) is 1.87. The highest BCUT2D eigenvalue weighted by molar-refractivity contribution is 4.79. The summed E-state index contributed by atoms with van der Waals surface area (Å²) in [5.74, 6) is 0. The molecule has 0 fully saturated rings. The van der Waals surface area contributed by atoms with Crippen LogP contribution in [0.25, 0.3) is 0 Å². The van der Waals surface area contributed by atoms with Crippen LogP contribution in [0.5, 0.6) is 0 Å². The number of methoxy groups -OCH3 is 1. The third-order valence-corrected chi connectivity index (χ3v) is 1.42. The molecule has 0 aliphatic heterocycles. The lowest BCUT2D eigenvalue weighted by atomic mass is 10.2. The van der Waals surface area contributed by atoms with Crippen LogP contribution in [0.1, 0.15) is 6.42 Å². The van der Waals surface area contributed by atoms with E-state index in [0.717, 1.165) is 0 Å². The quantitative estimate of drug-likeness (QED) is 0.572. The van der Waals surface area contributed by atoms with Gasteiger partial charge in [-0.15, -0.1) is 0 Å². The first-order chi connectivity index (χ1) is 4.72. The number of hydrogen-bond acceptors (Lipinski definition) is 3. The van der Waals surface area contributed by atoms with Crippen LogP contribution in [0.3, 0.4) is 0 Å². The van der Waals surface area contributed by atoms with Gasteiger partial charge in [-0.2, -0.15) is 5.26 Å². The fraction of sp³-hybridized carbons (Fsp3) is 0.857. The monoisotopic (exact) mass is 142 g/mol. The molecule has 0 aromatic carbocycles. The van der Waals surface area contributed by atoms with Crippen LogP contribution in [0, 0.1) is 11.3 Å². The van der Waals surface area contributed by atoms with Crippen LogP contribution >= 0.6 is 0 Å². The van der Waals surface area contributed by atoms with Gasteiger partial charge in [0.15, 0.2) is 0 Å². The number of likely N-dealkylation sites (N-methyl/N-ethyl adjacent to an activating group) is 1. The molecule has 0 saturated heterocycles. The van der Waals surface area contributed by atoms with E-state index in [1.165, 1.54) is 0 Å². The summed E-state index contributed by atoms with van der Waals surface area (Å²) in [6, 6.07) is 2.34. The van der Waals surface area contributed by atoms with Gasteiger partial charge >= 0.3 is 0 Å². The van der Waals surface area contributed by atoms with Crippen LogP contribution in [0.2, 0.25) is 0 Å². The minimum atomic E-state index is 0.231. The van der Waals surface area contributed by atoms with Crippen LogP contribution in [0.4, 0.5) is 0 Å². The first-order valence-electron chi connectivity index (χ1n) is 3.24. The van der Waals surface area contributed by atoms with Crippen molar-refractivity contribution in [3.8, 4) is 6.07 Å². The molecule has 58 valence electrons. The maximum atomic E-state index is 8.38. The standard InChI is InChI=1S/C7H14N2O/c1-9(2)7(4-5-8)6-10-3/h7H,4,6H2,1-3H3. The second-order valence-electron chi connectivity index (χ2n) is 2.44. The van der Waals surface area contributed by atoms with Crippen LogP contribution < -0.4 is 0 Å². The zero-order valence-electron chi connectivity index (χ0n) is 6.79. The minimum Gasteiger partial charge on any atom is -0.383 e. The van der Waals surface area contributed by atoms with Crippen molar-refractivity contribution in [3.63, 3.8) is 0 Å². The molecule has 0 aromatic heterocycles. The number of nitriles is 1. The molecule has 0 N–H and O–H groups in total. The largest absolute Gasteiger partial charge is 0.383 e. The summed E-state index contributed by atoms with van der Waals surface area (Å²) in [7, 11) is 5.54. The van der Waals surface area contributed by atoms with E-state index >= 15 is 0 Å². The van der Waals surface area contributed by atoms with E-state index in [9.17, 15) is 0 Å². The van der Waals surface area contributed by atoms with Crippen molar-refractivity contribution in [2.75, 3.05) is 27.8 Å². The highest BCUT2D eigenvalue weighted by atomic mass is 16.5. The van der Waals surface area contributed by atoms with E-state index in [0.29, 0.717) is 13.0 Å². The fourth-order valence-corrected chi connectivity index (χ4v) is 0.688. The summed E-state index contributed by atoms with van der Waals surface area (Å²) in [5.41, 5.74) is 0. The average molecular weight is 142 g/mol. The third-order valence-electron chi connectivity index (χ3n) is 1.42. The normalized spacial score (nSPS) is 13.1. The summed E-state index contributed by atoms with van der Waals surface area (Å²) in [6.45, 7) is 0.626. The van der Waals surface area contributed by atoms with Crippen molar-refractivity contribution in [3.05, 3.63) is 0 Å². The molecule has 1 atom stereocenters. The van der Waals surface area contributed by atoms with Crippen molar-refractivity contribution < 1.29 is 4.74 Å². The lowest BCUT2D eigenvalue weighted by Crippen LogP contribution is -2.31. The van der Waals surface area contributed by atoms with Gasteiger partial charge in [-0.3, -0.25) is 0 Å². The molecule has 0 aliphatic rings. The van der Waals surface area contributed by atoms with Crippen molar-refractivity contribution in [2.45, 2.75) is 12.5 Å². The number of hydrogen-bond donors (Lipinski definition) is 0. The third kappa shape index (κ3) is 3.44. The van der Waals surface area contributed by atoms with Crippen molar-refractivity contribution >= 4 is 0 Å². The molecule has 0 spiro atoms. The highest BCUT2D eigenvalue weighted by Crippen LogP contribution is 1.97. The SMILES string of the molecule is COCC(CC#N)N(C)C. The molecule has 0 heterocycles. The van der Waals surface area contributed by atoms with Gasteiger partial charge in [-0.25, -0.2) is 0 Å². The molecule has 0 aliphatic carbocycles. The number of ether oxygens (including phenoxy) is 1. The molecular weight excluding hydrogens is 128 g/mol. The molecule has 10 heavy (non-hydrogen) atoms. The molecule has 1 unspecified atom stereocenters. The van der Waals surface area contributed by atoms with Crippen LogP contribution in [-0.2, 0) is 4.74 Å². The molecule has 0 bridgehead atoms. The van der Waals surface area contributed by atoms with Crippen LogP contribution in [0.15, 0.2) is 0 Å². The lowest BCUT2D eigenvalue weighted by molar-refractivity contribution is 0.122. The zero-order valence-corrected chi connectivity index (χ0v) is 6.79. The predicted octanol–water partition coefficient (Wildman–Crippen LogP) is 0.477. The molecule has 0 aromatic rings. The van der Waals surface area contributed by atoms with Crippen molar-refractivity contribution in [1.29, 1.82) is 5.26 Å². The van der Waals surface area contributed by atoms with Gasteiger partial charge in [0.25, 0.3) is 0 Å². The topological polar surface area (TPSA) is 36.3 Å². The molecular formula is C7H14N2O. The Kier molecular flexibility index (Phi) is 4.91. The van der Waals surface area contributed by atoms with Crippen molar-refractivity contribution in [1.82, 2.24) is 4.90 Å². The Hall–Kier alpha value is -0.590. The van der Waals surface area contributed by atoms with E-state index in [4.69, 9.17) is 10.00 Å². The summed E-state index contributed by atoms with van der Waals surface area (Å²) in [4.78, 5) is 1.99.